The Bertz CT molecular complexity index is 649. The lowest BCUT2D eigenvalue weighted by molar-refractivity contribution is 0.252. The van der Waals surface area contributed by atoms with Crippen LogP contribution in [0.25, 0.3) is 0 Å². The molecule has 0 radical (unpaired) electrons. The average molecular weight is 518 g/mol. The molecule has 1 aliphatic heterocycles. The van der Waals surface area contributed by atoms with Crippen LogP contribution in [0.5, 0.6) is 0 Å². The molecule has 2 N–H and O–H groups in total. The second kappa shape index (κ2) is 11.5. The molecular weight excluding hydrogens is 477 g/mol. The maximum Gasteiger partial charge on any atom is 0.191 e. The molecule has 29 heavy (non-hydrogen) atoms. The molecule has 1 aliphatic carbocycles. The summed E-state index contributed by atoms with van der Waals surface area (Å²) < 4.78 is 2.02. The standard InChI is InChI=1S/C21H39N7.HI/c1-6-28-9-7-8-19(28)13-22-21(23-14-20-26-25-17(4)27(20)5)24-18-11-15(2)10-16(3)12-18;/h15-16,18-19H,6-14H2,1-5H3,(H2,22,23,24);1H. The Morgan fingerprint density at radius 2 is 1.90 bits per heavy atom. The summed E-state index contributed by atoms with van der Waals surface area (Å²) in [7, 11) is 2.00. The monoisotopic (exact) mass is 517 g/mol. The van der Waals surface area contributed by atoms with E-state index in [0.29, 0.717) is 18.6 Å². The second-order valence-corrected chi connectivity index (χ2v) is 8.95. The number of aromatic nitrogens is 3. The first-order valence-corrected chi connectivity index (χ1v) is 11.1. The third-order valence-corrected chi connectivity index (χ3v) is 6.49. The summed E-state index contributed by atoms with van der Waals surface area (Å²) in [4.78, 5) is 7.45. The van der Waals surface area contributed by atoms with Gasteiger partial charge in [0.25, 0.3) is 0 Å². The molecule has 2 aliphatic rings. The zero-order valence-corrected chi connectivity index (χ0v) is 21.1. The summed E-state index contributed by atoms with van der Waals surface area (Å²) in [5.41, 5.74) is 0. The number of guanidine groups is 1. The lowest BCUT2D eigenvalue weighted by Crippen LogP contribution is -2.49. The van der Waals surface area contributed by atoms with Crippen molar-refractivity contribution < 1.29 is 0 Å². The molecule has 1 saturated carbocycles. The second-order valence-electron chi connectivity index (χ2n) is 8.95. The first-order chi connectivity index (χ1) is 13.5. The molecule has 166 valence electrons. The van der Waals surface area contributed by atoms with E-state index in [4.69, 9.17) is 4.99 Å². The van der Waals surface area contributed by atoms with E-state index >= 15 is 0 Å². The average Bonchev–Trinajstić information content (AvgIpc) is 3.23. The van der Waals surface area contributed by atoms with Crippen LogP contribution >= 0.6 is 24.0 Å². The number of rotatable bonds is 6. The highest BCUT2D eigenvalue weighted by molar-refractivity contribution is 14.0. The Labute approximate surface area is 193 Å². The predicted octanol–water partition coefficient (Wildman–Crippen LogP) is 3.09. The molecule has 0 amide bonds. The molecule has 7 nitrogen and oxygen atoms in total. The molecule has 8 heteroatoms. The molecule has 1 saturated heterocycles. The third-order valence-electron chi connectivity index (χ3n) is 6.49. The van der Waals surface area contributed by atoms with Gasteiger partial charge in [-0.05, 0) is 64.0 Å². The zero-order valence-electron chi connectivity index (χ0n) is 18.8. The highest BCUT2D eigenvalue weighted by atomic mass is 127. The summed E-state index contributed by atoms with van der Waals surface area (Å²) in [5, 5.41) is 15.8. The van der Waals surface area contributed by atoms with E-state index < -0.39 is 0 Å². The van der Waals surface area contributed by atoms with Gasteiger partial charge in [-0.2, -0.15) is 0 Å². The Morgan fingerprint density at radius 1 is 1.17 bits per heavy atom. The van der Waals surface area contributed by atoms with Crippen molar-refractivity contribution in [3.63, 3.8) is 0 Å². The first kappa shape index (κ1) is 24.4. The van der Waals surface area contributed by atoms with Crippen LogP contribution in [0.4, 0.5) is 0 Å². The van der Waals surface area contributed by atoms with Crippen LogP contribution in [0.2, 0.25) is 0 Å². The van der Waals surface area contributed by atoms with E-state index in [9.17, 15) is 0 Å². The van der Waals surface area contributed by atoms with Crippen molar-refractivity contribution in [2.75, 3.05) is 19.6 Å². The van der Waals surface area contributed by atoms with E-state index in [2.05, 4.69) is 46.5 Å². The summed E-state index contributed by atoms with van der Waals surface area (Å²) in [6.07, 6.45) is 6.35. The fourth-order valence-corrected chi connectivity index (χ4v) is 4.91. The largest absolute Gasteiger partial charge is 0.355 e. The number of likely N-dealkylation sites (tertiary alicyclic amines) is 1. The highest BCUT2D eigenvalue weighted by Crippen LogP contribution is 2.28. The molecule has 0 bridgehead atoms. The Kier molecular flexibility index (Phi) is 9.65. The smallest absolute Gasteiger partial charge is 0.191 e. The van der Waals surface area contributed by atoms with Gasteiger partial charge < -0.3 is 15.2 Å². The molecule has 0 spiro atoms. The fraction of sp³-hybridized carbons (Fsp3) is 0.857. The van der Waals surface area contributed by atoms with Crippen LogP contribution in [0.3, 0.4) is 0 Å². The van der Waals surface area contributed by atoms with E-state index in [0.717, 1.165) is 42.5 Å². The molecule has 3 atom stereocenters. The SMILES string of the molecule is CCN1CCCC1CNC(=NCc1nnc(C)n1C)NC1CC(C)CC(C)C1.I. The number of hydrogen-bond donors (Lipinski definition) is 2. The zero-order chi connectivity index (χ0) is 20.1. The fourth-order valence-electron chi connectivity index (χ4n) is 4.91. The number of hydrogen-bond acceptors (Lipinski definition) is 4. The lowest BCUT2D eigenvalue weighted by atomic mass is 9.80. The van der Waals surface area contributed by atoms with Gasteiger partial charge in [-0.15, -0.1) is 34.2 Å². The maximum absolute atomic E-state index is 4.88. The first-order valence-electron chi connectivity index (χ1n) is 11.1. The van der Waals surface area contributed by atoms with Gasteiger partial charge in [0.1, 0.15) is 12.4 Å². The molecule has 2 fully saturated rings. The van der Waals surface area contributed by atoms with Crippen LogP contribution in [0.15, 0.2) is 4.99 Å². The van der Waals surface area contributed by atoms with Crippen molar-refractivity contribution in [1.29, 1.82) is 0 Å². The quantitative estimate of drug-likeness (QED) is 0.345. The van der Waals surface area contributed by atoms with Gasteiger partial charge in [-0.1, -0.05) is 20.8 Å². The number of aryl methyl sites for hydroxylation is 1. The number of nitrogens with one attached hydrogen (secondary N) is 2. The maximum atomic E-state index is 4.88. The van der Waals surface area contributed by atoms with Gasteiger partial charge in [0.15, 0.2) is 11.8 Å². The molecule has 3 rings (SSSR count). The number of aliphatic imine (C=N–C) groups is 1. The third kappa shape index (κ3) is 6.80. The van der Waals surface area contributed by atoms with Crippen molar-refractivity contribution in [2.24, 2.45) is 23.9 Å². The lowest BCUT2D eigenvalue weighted by Gasteiger charge is -2.33. The Balaban J connectivity index is 0.00000300. The number of likely N-dealkylation sites (N-methyl/N-ethyl adjacent to an activating group) is 1. The molecule has 1 aromatic rings. The summed E-state index contributed by atoms with van der Waals surface area (Å²) >= 11 is 0. The van der Waals surface area contributed by atoms with Gasteiger partial charge in [0, 0.05) is 25.7 Å². The van der Waals surface area contributed by atoms with Crippen LogP contribution in [-0.4, -0.2) is 57.3 Å². The van der Waals surface area contributed by atoms with E-state index in [-0.39, 0.29) is 24.0 Å². The minimum Gasteiger partial charge on any atom is -0.355 e. The van der Waals surface area contributed by atoms with Gasteiger partial charge >= 0.3 is 0 Å². The predicted molar refractivity (Wildman–Crippen MR) is 130 cm³/mol. The van der Waals surface area contributed by atoms with Crippen LogP contribution in [-0.2, 0) is 13.6 Å². The van der Waals surface area contributed by atoms with E-state index in [1.807, 2.05) is 18.5 Å². The topological polar surface area (TPSA) is 70.4 Å². The molecular formula is C21H40IN7. The highest BCUT2D eigenvalue weighted by Gasteiger charge is 2.26. The van der Waals surface area contributed by atoms with Crippen LogP contribution < -0.4 is 10.6 Å². The minimum absolute atomic E-state index is 0. The van der Waals surface area contributed by atoms with E-state index in [1.54, 1.807) is 0 Å². The van der Waals surface area contributed by atoms with Gasteiger partial charge in [0.2, 0.25) is 0 Å². The Morgan fingerprint density at radius 3 is 2.52 bits per heavy atom. The van der Waals surface area contributed by atoms with Crippen molar-refractivity contribution in [2.45, 2.75) is 78.4 Å². The van der Waals surface area contributed by atoms with Gasteiger partial charge in [-0.25, -0.2) is 4.99 Å². The Hall–Kier alpha value is -0.900. The van der Waals surface area contributed by atoms with Crippen LogP contribution in [0, 0.1) is 18.8 Å². The summed E-state index contributed by atoms with van der Waals surface area (Å²) in [6.45, 7) is 12.8. The molecule has 3 unspecified atom stereocenters. The van der Waals surface area contributed by atoms with Crippen molar-refractivity contribution in [3.8, 4) is 0 Å². The minimum atomic E-state index is 0. The summed E-state index contributed by atoms with van der Waals surface area (Å²) in [6, 6.07) is 1.11. The summed E-state index contributed by atoms with van der Waals surface area (Å²) in [5.74, 6) is 4.30. The molecule has 2 heterocycles. The number of nitrogens with zero attached hydrogens (tertiary/aromatic N) is 5. The normalized spacial score (nSPS) is 28.2. The van der Waals surface area contributed by atoms with Crippen molar-refractivity contribution in [3.05, 3.63) is 11.6 Å². The van der Waals surface area contributed by atoms with Gasteiger partial charge in [-0.3, -0.25) is 4.90 Å². The molecule has 1 aromatic heterocycles. The van der Waals surface area contributed by atoms with Gasteiger partial charge in [0.05, 0.1) is 0 Å². The molecule has 0 aromatic carbocycles. The van der Waals surface area contributed by atoms with Crippen molar-refractivity contribution in [1.82, 2.24) is 30.3 Å². The van der Waals surface area contributed by atoms with E-state index in [1.165, 1.54) is 38.6 Å². The van der Waals surface area contributed by atoms with Crippen LogP contribution in [0.1, 0.15) is 64.5 Å². The number of halogens is 1. The van der Waals surface area contributed by atoms with Crippen molar-refractivity contribution >= 4 is 29.9 Å².